The van der Waals surface area contributed by atoms with E-state index in [4.69, 9.17) is 4.74 Å². The molecule has 0 aliphatic heterocycles. The fourth-order valence-electron chi connectivity index (χ4n) is 2.39. The van der Waals surface area contributed by atoms with E-state index in [-0.39, 0.29) is 5.78 Å². The topological polar surface area (TPSA) is 43.4 Å². The maximum Gasteiger partial charge on any atom is 0.343 e. The third-order valence-corrected chi connectivity index (χ3v) is 3.73. The molecule has 0 aliphatic rings. The fraction of sp³-hybridized carbons (Fsp3) is 0.0476. The summed E-state index contributed by atoms with van der Waals surface area (Å²) in [7, 11) is 0. The van der Waals surface area contributed by atoms with Gasteiger partial charge in [0.1, 0.15) is 5.75 Å². The molecule has 0 bridgehead atoms. The molecule has 3 aromatic carbocycles. The smallest absolute Gasteiger partial charge is 0.343 e. The standard InChI is InChI=1S/C21H16O3/c1-15-7-5-6-10-19(15)21(23)24-18-13-11-17(12-14-18)20(22)16-8-3-2-4-9-16/h2-14H,1H3. The van der Waals surface area contributed by atoms with Crippen LogP contribution in [-0.4, -0.2) is 11.8 Å². The molecule has 0 saturated heterocycles. The lowest BCUT2D eigenvalue weighted by atomic mass is 10.0. The molecule has 0 unspecified atom stereocenters. The molecule has 0 atom stereocenters. The maximum absolute atomic E-state index is 12.3. The van der Waals surface area contributed by atoms with Crippen molar-refractivity contribution in [3.05, 3.63) is 101 Å². The van der Waals surface area contributed by atoms with Gasteiger partial charge < -0.3 is 4.74 Å². The van der Waals surface area contributed by atoms with Crippen LogP contribution >= 0.6 is 0 Å². The van der Waals surface area contributed by atoms with Gasteiger partial charge >= 0.3 is 5.97 Å². The van der Waals surface area contributed by atoms with Crippen LogP contribution in [0.25, 0.3) is 0 Å². The summed E-state index contributed by atoms with van der Waals surface area (Å²) in [6.45, 7) is 1.86. The van der Waals surface area contributed by atoms with Crippen molar-refractivity contribution in [1.29, 1.82) is 0 Å². The summed E-state index contributed by atoms with van der Waals surface area (Å²) in [6.07, 6.45) is 0. The van der Waals surface area contributed by atoms with Crippen molar-refractivity contribution >= 4 is 11.8 Å². The molecule has 0 saturated carbocycles. The van der Waals surface area contributed by atoms with E-state index in [1.54, 1.807) is 48.5 Å². The molecule has 118 valence electrons. The van der Waals surface area contributed by atoms with Crippen molar-refractivity contribution in [2.24, 2.45) is 0 Å². The Labute approximate surface area is 140 Å². The van der Waals surface area contributed by atoms with Crippen LogP contribution in [0.2, 0.25) is 0 Å². The lowest BCUT2D eigenvalue weighted by Gasteiger charge is -2.07. The molecule has 0 amide bonds. The van der Waals surface area contributed by atoms with Gasteiger partial charge in [0.05, 0.1) is 5.56 Å². The van der Waals surface area contributed by atoms with Gasteiger partial charge in [0, 0.05) is 11.1 Å². The predicted molar refractivity (Wildman–Crippen MR) is 92.5 cm³/mol. The summed E-state index contributed by atoms with van der Waals surface area (Å²) >= 11 is 0. The zero-order valence-electron chi connectivity index (χ0n) is 13.2. The molecule has 0 N–H and O–H groups in total. The first-order valence-electron chi connectivity index (χ1n) is 7.63. The maximum atomic E-state index is 12.3. The van der Waals surface area contributed by atoms with Gasteiger partial charge in [0.25, 0.3) is 0 Å². The van der Waals surface area contributed by atoms with Gasteiger partial charge in [-0.05, 0) is 42.8 Å². The number of hydrogen-bond donors (Lipinski definition) is 0. The lowest BCUT2D eigenvalue weighted by Crippen LogP contribution is -2.10. The quantitative estimate of drug-likeness (QED) is 0.406. The van der Waals surface area contributed by atoms with Crippen LogP contribution in [0.15, 0.2) is 78.9 Å². The number of carbonyl (C=O) groups is 2. The van der Waals surface area contributed by atoms with Gasteiger partial charge in [-0.25, -0.2) is 4.79 Å². The van der Waals surface area contributed by atoms with Crippen molar-refractivity contribution in [2.75, 3.05) is 0 Å². The molecule has 3 heteroatoms. The zero-order chi connectivity index (χ0) is 16.9. The number of ether oxygens (including phenoxy) is 1. The Morgan fingerprint density at radius 2 is 1.29 bits per heavy atom. The van der Waals surface area contributed by atoms with Crippen molar-refractivity contribution < 1.29 is 14.3 Å². The molecule has 0 fully saturated rings. The van der Waals surface area contributed by atoms with Crippen molar-refractivity contribution in [1.82, 2.24) is 0 Å². The summed E-state index contributed by atoms with van der Waals surface area (Å²) in [6, 6.07) is 22.9. The van der Waals surface area contributed by atoms with Crippen LogP contribution in [0.1, 0.15) is 31.8 Å². The molecule has 0 radical (unpaired) electrons. The third kappa shape index (κ3) is 3.41. The second kappa shape index (κ2) is 6.92. The summed E-state index contributed by atoms with van der Waals surface area (Å²) < 4.78 is 5.37. The highest BCUT2D eigenvalue weighted by Gasteiger charge is 2.12. The minimum absolute atomic E-state index is 0.0626. The Balaban J connectivity index is 1.74. The van der Waals surface area contributed by atoms with Crippen molar-refractivity contribution in [2.45, 2.75) is 6.92 Å². The molecule has 3 rings (SSSR count). The molecule has 3 nitrogen and oxygen atoms in total. The Morgan fingerprint density at radius 3 is 1.96 bits per heavy atom. The van der Waals surface area contributed by atoms with Crippen molar-refractivity contribution in [3.8, 4) is 5.75 Å². The molecule has 0 aromatic heterocycles. The summed E-state index contributed by atoms with van der Waals surface area (Å²) in [5.41, 5.74) is 2.57. The van der Waals surface area contributed by atoms with Gasteiger partial charge in [0.15, 0.2) is 5.78 Å². The van der Waals surface area contributed by atoms with Crippen molar-refractivity contribution in [3.63, 3.8) is 0 Å². The first-order chi connectivity index (χ1) is 11.6. The number of ketones is 1. The van der Waals surface area contributed by atoms with E-state index in [1.165, 1.54) is 0 Å². The number of rotatable bonds is 4. The number of aryl methyl sites for hydroxylation is 1. The number of carbonyl (C=O) groups excluding carboxylic acids is 2. The minimum Gasteiger partial charge on any atom is -0.423 e. The Morgan fingerprint density at radius 1 is 0.708 bits per heavy atom. The first-order valence-corrected chi connectivity index (χ1v) is 7.63. The average molecular weight is 316 g/mol. The largest absolute Gasteiger partial charge is 0.423 e. The molecule has 0 heterocycles. The Bertz CT molecular complexity index is 865. The second-order valence-corrected chi connectivity index (χ2v) is 5.42. The van der Waals surface area contributed by atoms with E-state index in [0.717, 1.165) is 5.56 Å². The van der Waals surface area contributed by atoms with E-state index in [0.29, 0.717) is 22.4 Å². The molecule has 3 aromatic rings. The predicted octanol–water partition coefficient (Wildman–Crippen LogP) is 4.45. The Kier molecular flexibility index (Phi) is 4.52. The summed E-state index contributed by atoms with van der Waals surface area (Å²) in [5, 5.41) is 0. The van der Waals surface area contributed by atoms with Crippen LogP contribution < -0.4 is 4.74 Å². The van der Waals surface area contributed by atoms with Gasteiger partial charge in [0.2, 0.25) is 0 Å². The number of benzene rings is 3. The average Bonchev–Trinajstić information content (AvgIpc) is 2.63. The molecule has 24 heavy (non-hydrogen) atoms. The van der Waals surface area contributed by atoms with E-state index in [9.17, 15) is 9.59 Å². The highest BCUT2D eigenvalue weighted by molar-refractivity contribution is 6.09. The normalized spacial score (nSPS) is 10.2. The number of esters is 1. The Hall–Kier alpha value is -3.20. The highest BCUT2D eigenvalue weighted by Crippen LogP contribution is 2.18. The van der Waals surface area contributed by atoms with E-state index < -0.39 is 5.97 Å². The van der Waals surface area contributed by atoms with Gasteiger partial charge in [-0.2, -0.15) is 0 Å². The van der Waals surface area contributed by atoms with Gasteiger partial charge in [-0.1, -0.05) is 48.5 Å². The van der Waals surface area contributed by atoms with Crippen LogP contribution in [0, 0.1) is 6.92 Å². The van der Waals surface area contributed by atoms with Crippen LogP contribution in [0.4, 0.5) is 0 Å². The zero-order valence-corrected chi connectivity index (χ0v) is 13.2. The molecular formula is C21H16O3. The molecule has 0 spiro atoms. The second-order valence-electron chi connectivity index (χ2n) is 5.42. The lowest BCUT2D eigenvalue weighted by molar-refractivity contribution is 0.0734. The van der Waals surface area contributed by atoms with Crippen LogP contribution in [0.5, 0.6) is 5.75 Å². The monoisotopic (exact) mass is 316 g/mol. The SMILES string of the molecule is Cc1ccccc1C(=O)Oc1ccc(C(=O)c2ccccc2)cc1. The minimum atomic E-state index is -0.407. The van der Waals surface area contributed by atoms with E-state index in [2.05, 4.69) is 0 Å². The van der Waals surface area contributed by atoms with E-state index in [1.807, 2.05) is 37.3 Å². The van der Waals surface area contributed by atoms with Crippen LogP contribution in [-0.2, 0) is 0 Å². The first kappa shape index (κ1) is 15.7. The third-order valence-electron chi connectivity index (χ3n) is 3.73. The van der Waals surface area contributed by atoms with Gasteiger partial charge in [-0.3, -0.25) is 4.79 Å². The van der Waals surface area contributed by atoms with Gasteiger partial charge in [-0.15, -0.1) is 0 Å². The van der Waals surface area contributed by atoms with Crippen LogP contribution in [0.3, 0.4) is 0 Å². The van der Waals surface area contributed by atoms with E-state index >= 15 is 0 Å². The molecule has 0 aliphatic carbocycles. The summed E-state index contributed by atoms with van der Waals surface area (Å²) in [4.78, 5) is 24.5. The summed E-state index contributed by atoms with van der Waals surface area (Å²) in [5.74, 6) is -0.0597. The molecular weight excluding hydrogens is 300 g/mol. The highest BCUT2D eigenvalue weighted by atomic mass is 16.5. The fourth-order valence-corrected chi connectivity index (χ4v) is 2.39. The number of hydrogen-bond acceptors (Lipinski definition) is 3.